The van der Waals surface area contributed by atoms with Crippen LogP contribution in [-0.2, 0) is 14.3 Å². The van der Waals surface area contributed by atoms with Crippen molar-refractivity contribution in [3.05, 3.63) is 59.2 Å². The number of methoxy groups -OCH3 is 1. The summed E-state index contributed by atoms with van der Waals surface area (Å²) in [6, 6.07) is 11.4. The SMILES string of the molecule is COc1ccc(NC(=O)C(c2cccc(C)c2C)N(C(=O)CNC(=O)OC(C)(C)C)C(C)C)cc1. The van der Waals surface area contributed by atoms with Crippen LogP contribution >= 0.6 is 0 Å². The van der Waals surface area contributed by atoms with Gasteiger partial charge in [0.1, 0.15) is 23.9 Å². The van der Waals surface area contributed by atoms with E-state index in [2.05, 4.69) is 10.6 Å². The van der Waals surface area contributed by atoms with Gasteiger partial charge in [-0.15, -0.1) is 0 Å². The number of amides is 3. The second kappa shape index (κ2) is 11.7. The summed E-state index contributed by atoms with van der Waals surface area (Å²) in [5.41, 5.74) is 2.53. The van der Waals surface area contributed by atoms with Gasteiger partial charge in [0.05, 0.1) is 7.11 Å². The Morgan fingerprint density at radius 3 is 2.17 bits per heavy atom. The van der Waals surface area contributed by atoms with Gasteiger partial charge in [0, 0.05) is 11.7 Å². The Morgan fingerprint density at radius 1 is 1.00 bits per heavy atom. The molecule has 1 atom stereocenters. The number of rotatable bonds is 8. The van der Waals surface area contributed by atoms with E-state index in [9.17, 15) is 14.4 Å². The van der Waals surface area contributed by atoms with Crippen molar-refractivity contribution >= 4 is 23.6 Å². The number of hydrogen-bond acceptors (Lipinski definition) is 5. The Hall–Kier alpha value is -3.55. The van der Waals surface area contributed by atoms with Gasteiger partial charge in [0.25, 0.3) is 5.91 Å². The van der Waals surface area contributed by atoms with E-state index < -0.39 is 23.6 Å². The second-order valence-electron chi connectivity index (χ2n) is 9.66. The molecule has 8 heteroatoms. The lowest BCUT2D eigenvalue weighted by molar-refractivity contribution is -0.140. The summed E-state index contributed by atoms with van der Waals surface area (Å²) in [6.07, 6.45) is -0.694. The lowest BCUT2D eigenvalue weighted by atomic mass is 9.94. The van der Waals surface area contributed by atoms with Crippen LogP contribution in [0.15, 0.2) is 42.5 Å². The van der Waals surface area contributed by atoms with E-state index >= 15 is 0 Å². The van der Waals surface area contributed by atoms with Crippen molar-refractivity contribution in [3.8, 4) is 5.75 Å². The Kier molecular flexibility index (Phi) is 9.28. The van der Waals surface area contributed by atoms with E-state index in [0.29, 0.717) is 11.4 Å². The van der Waals surface area contributed by atoms with Crippen molar-refractivity contribution in [2.45, 2.75) is 66.2 Å². The molecule has 0 saturated heterocycles. The molecule has 2 aromatic rings. The number of nitrogens with one attached hydrogen (secondary N) is 2. The van der Waals surface area contributed by atoms with Crippen LogP contribution in [0.3, 0.4) is 0 Å². The minimum absolute atomic E-state index is 0.301. The van der Waals surface area contributed by atoms with Gasteiger partial charge in [-0.05, 0) is 89.4 Å². The van der Waals surface area contributed by atoms with Crippen molar-refractivity contribution in [3.63, 3.8) is 0 Å². The van der Waals surface area contributed by atoms with Gasteiger partial charge in [-0.3, -0.25) is 9.59 Å². The summed E-state index contributed by atoms with van der Waals surface area (Å²) in [5.74, 6) is -0.0916. The highest BCUT2D eigenvalue weighted by Crippen LogP contribution is 2.29. The van der Waals surface area contributed by atoms with E-state index in [4.69, 9.17) is 9.47 Å². The molecule has 0 aromatic heterocycles. The van der Waals surface area contributed by atoms with Crippen LogP contribution in [0.5, 0.6) is 5.75 Å². The molecule has 0 spiro atoms. The number of carbonyl (C=O) groups excluding carboxylic acids is 3. The minimum atomic E-state index is -0.912. The van der Waals surface area contributed by atoms with Crippen molar-refractivity contribution in [2.24, 2.45) is 0 Å². The van der Waals surface area contributed by atoms with Crippen LogP contribution in [0.1, 0.15) is 57.4 Å². The molecule has 190 valence electrons. The average molecular weight is 484 g/mol. The molecule has 35 heavy (non-hydrogen) atoms. The Morgan fingerprint density at radius 2 is 1.63 bits per heavy atom. The highest BCUT2D eigenvalue weighted by Gasteiger charge is 2.34. The standard InChI is InChI=1S/C27H37N3O5/c1-17(2)30(23(31)16-28-26(33)35-27(5,6)7)24(22-11-9-10-18(3)19(22)4)25(32)29-20-12-14-21(34-8)15-13-20/h9-15,17,24H,16H2,1-8H3,(H,28,33)(H,29,32). The third-order valence-electron chi connectivity index (χ3n) is 5.45. The molecular weight excluding hydrogens is 446 g/mol. The van der Waals surface area contributed by atoms with Crippen LogP contribution in [0.4, 0.5) is 10.5 Å². The molecule has 0 aliphatic rings. The molecule has 0 saturated carbocycles. The monoisotopic (exact) mass is 483 g/mol. The van der Waals surface area contributed by atoms with Crippen LogP contribution < -0.4 is 15.4 Å². The molecule has 0 radical (unpaired) electrons. The van der Waals surface area contributed by atoms with Crippen molar-refractivity contribution in [1.82, 2.24) is 10.2 Å². The number of anilines is 1. The van der Waals surface area contributed by atoms with Crippen molar-refractivity contribution in [1.29, 1.82) is 0 Å². The fourth-order valence-electron chi connectivity index (χ4n) is 3.66. The fraction of sp³-hybridized carbons (Fsp3) is 0.444. The predicted octanol–water partition coefficient (Wildman–Crippen LogP) is 4.75. The van der Waals surface area contributed by atoms with Gasteiger partial charge < -0.3 is 25.0 Å². The first kappa shape index (κ1) is 27.7. The van der Waals surface area contributed by atoms with Gasteiger partial charge in [-0.25, -0.2) is 4.79 Å². The zero-order valence-corrected chi connectivity index (χ0v) is 21.9. The number of alkyl carbamates (subject to hydrolysis) is 1. The molecule has 0 fully saturated rings. The first-order valence-corrected chi connectivity index (χ1v) is 11.6. The largest absolute Gasteiger partial charge is 0.497 e. The van der Waals surface area contributed by atoms with Crippen molar-refractivity contribution < 1.29 is 23.9 Å². The van der Waals surface area contributed by atoms with E-state index in [1.54, 1.807) is 52.1 Å². The highest BCUT2D eigenvalue weighted by molar-refractivity contribution is 5.98. The second-order valence-corrected chi connectivity index (χ2v) is 9.66. The van der Waals surface area contributed by atoms with Gasteiger partial charge >= 0.3 is 6.09 Å². The quantitative estimate of drug-likeness (QED) is 0.565. The Labute approximate surface area is 208 Å². The average Bonchev–Trinajstić information content (AvgIpc) is 2.77. The maximum absolute atomic E-state index is 13.7. The number of hydrogen-bond donors (Lipinski definition) is 2. The highest BCUT2D eigenvalue weighted by atomic mass is 16.6. The van der Waals surface area contributed by atoms with Crippen LogP contribution in [0, 0.1) is 13.8 Å². The number of benzene rings is 2. The van der Waals surface area contributed by atoms with Crippen LogP contribution in [0.25, 0.3) is 0 Å². The Bertz CT molecular complexity index is 1040. The van der Waals surface area contributed by atoms with Gasteiger partial charge in [0.2, 0.25) is 5.91 Å². The van der Waals surface area contributed by atoms with Crippen molar-refractivity contribution in [2.75, 3.05) is 19.0 Å². The number of carbonyl (C=O) groups is 3. The molecule has 3 amide bonds. The third kappa shape index (κ3) is 7.73. The van der Waals surface area contributed by atoms with Gasteiger partial charge in [-0.2, -0.15) is 0 Å². The van der Waals surface area contributed by atoms with Crippen LogP contribution in [0.2, 0.25) is 0 Å². The van der Waals surface area contributed by atoms with E-state index in [0.717, 1.165) is 16.7 Å². The first-order valence-electron chi connectivity index (χ1n) is 11.6. The summed E-state index contributed by atoms with van der Waals surface area (Å²) >= 11 is 0. The molecule has 1 unspecified atom stereocenters. The number of nitrogens with zero attached hydrogens (tertiary/aromatic N) is 1. The molecule has 2 N–H and O–H groups in total. The minimum Gasteiger partial charge on any atom is -0.497 e. The zero-order valence-electron chi connectivity index (χ0n) is 21.9. The fourth-order valence-corrected chi connectivity index (χ4v) is 3.66. The summed E-state index contributed by atoms with van der Waals surface area (Å²) in [7, 11) is 1.57. The smallest absolute Gasteiger partial charge is 0.408 e. The molecule has 0 bridgehead atoms. The summed E-state index contributed by atoms with van der Waals surface area (Å²) in [6.45, 7) is 12.5. The normalized spacial score (nSPS) is 12.0. The van der Waals surface area contributed by atoms with Gasteiger partial charge in [0.15, 0.2) is 0 Å². The molecule has 0 aliphatic carbocycles. The summed E-state index contributed by atoms with van der Waals surface area (Å²) < 4.78 is 10.4. The maximum Gasteiger partial charge on any atom is 0.408 e. The number of aryl methyl sites for hydroxylation is 1. The maximum atomic E-state index is 13.7. The topological polar surface area (TPSA) is 97.0 Å². The molecule has 2 aromatic carbocycles. The Balaban J connectivity index is 2.39. The first-order chi connectivity index (χ1) is 16.3. The van der Waals surface area contributed by atoms with Gasteiger partial charge in [-0.1, -0.05) is 18.2 Å². The molecular formula is C27H37N3O5. The summed E-state index contributed by atoms with van der Waals surface area (Å²) in [4.78, 5) is 40.7. The molecule has 0 heterocycles. The van der Waals surface area contributed by atoms with E-state index in [-0.39, 0.29) is 18.5 Å². The predicted molar refractivity (Wildman–Crippen MR) is 136 cm³/mol. The summed E-state index contributed by atoms with van der Waals surface area (Å²) in [5, 5.41) is 5.43. The molecule has 8 nitrogen and oxygen atoms in total. The van der Waals surface area contributed by atoms with E-state index in [1.165, 1.54) is 4.90 Å². The molecule has 2 rings (SSSR count). The zero-order chi connectivity index (χ0) is 26.3. The third-order valence-corrected chi connectivity index (χ3v) is 5.45. The van der Waals surface area contributed by atoms with E-state index in [1.807, 2.05) is 45.9 Å². The van der Waals surface area contributed by atoms with Crippen LogP contribution in [-0.4, -0.2) is 48.1 Å². The number of ether oxygens (including phenoxy) is 2. The molecule has 0 aliphatic heterocycles. The lowest BCUT2D eigenvalue weighted by Crippen LogP contribution is -2.49. The lowest BCUT2D eigenvalue weighted by Gasteiger charge is -2.35.